The van der Waals surface area contributed by atoms with Crippen molar-refractivity contribution in [3.05, 3.63) is 73.9 Å². The van der Waals surface area contributed by atoms with Crippen LogP contribution in [0.1, 0.15) is 27.2 Å². The molecule has 1 nitrogen and oxygen atoms in total. The molecule has 0 saturated carbocycles. The van der Waals surface area contributed by atoms with Crippen LogP contribution < -0.4 is 0 Å². The maximum Gasteiger partial charge on any atom is 0.0681 e. The Morgan fingerprint density at radius 1 is 1.11 bits per heavy atom. The molecule has 0 aromatic rings. The number of aliphatic hydroxyl groups excluding tert-OH is 1. The third kappa shape index (κ3) is 19.9. The Kier molecular flexibility index (Phi) is 25.0. The number of allylic oxidation sites excluding steroid dienone is 6. The van der Waals surface area contributed by atoms with Gasteiger partial charge in [0.1, 0.15) is 0 Å². The number of aliphatic hydroxyl groups is 1. The molecule has 0 radical (unpaired) electrons. The zero-order valence-electron chi connectivity index (χ0n) is 12.2. The predicted molar refractivity (Wildman–Crippen MR) is 85.7 cm³/mol. The SMILES string of the molecule is C=C/C=C(\C=C)CO.C=C/C=C\C(=C)CC.CC. The molecular formula is C17H28O. The van der Waals surface area contributed by atoms with Crippen LogP contribution in [-0.2, 0) is 0 Å². The van der Waals surface area contributed by atoms with Gasteiger partial charge < -0.3 is 5.11 Å². The normalized spacial score (nSPS) is 9.44. The molecule has 0 rings (SSSR count). The van der Waals surface area contributed by atoms with Crippen molar-refractivity contribution >= 4 is 0 Å². The smallest absolute Gasteiger partial charge is 0.0681 e. The van der Waals surface area contributed by atoms with Gasteiger partial charge in [0.2, 0.25) is 0 Å². The Hall–Kier alpha value is -1.60. The molecule has 0 aromatic carbocycles. The Labute approximate surface area is 113 Å². The summed E-state index contributed by atoms with van der Waals surface area (Å²) in [5.74, 6) is 0. The minimum atomic E-state index is 0.0372. The van der Waals surface area contributed by atoms with Crippen molar-refractivity contribution < 1.29 is 5.11 Å². The summed E-state index contributed by atoms with van der Waals surface area (Å²) in [6, 6.07) is 0. The van der Waals surface area contributed by atoms with Crippen LogP contribution in [0.4, 0.5) is 0 Å². The Balaban J connectivity index is -0.000000219. The number of rotatable bonds is 6. The molecule has 0 heterocycles. The second-order valence-corrected chi connectivity index (χ2v) is 2.95. The van der Waals surface area contributed by atoms with Gasteiger partial charge in [-0.25, -0.2) is 0 Å². The summed E-state index contributed by atoms with van der Waals surface area (Å²) < 4.78 is 0. The molecule has 1 heteroatoms. The fourth-order valence-corrected chi connectivity index (χ4v) is 0.659. The van der Waals surface area contributed by atoms with Gasteiger partial charge in [0.05, 0.1) is 6.61 Å². The summed E-state index contributed by atoms with van der Waals surface area (Å²) in [4.78, 5) is 0. The molecule has 0 aliphatic rings. The van der Waals surface area contributed by atoms with Gasteiger partial charge in [-0.05, 0) is 12.0 Å². The van der Waals surface area contributed by atoms with Gasteiger partial charge in [0, 0.05) is 0 Å². The fraction of sp³-hybridized carbons (Fsp3) is 0.294. The summed E-state index contributed by atoms with van der Waals surface area (Å²) in [5, 5.41) is 8.47. The number of hydrogen-bond acceptors (Lipinski definition) is 1. The first-order chi connectivity index (χ1) is 8.65. The van der Waals surface area contributed by atoms with Crippen molar-refractivity contribution in [2.45, 2.75) is 27.2 Å². The van der Waals surface area contributed by atoms with E-state index in [1.807, 2.05) is 26.0 Å². The van der Waals surface area contributed by atoms with Crippen LogP contribution in [0.2, 0.25) is 0 Å². The van der Waals surface area contributed by atoms with E-state index in [1.165, 1.54) is 0 Å². The third-order valence-electron chi connectivity index (χ3n) is 1.70. The molecule has 1 N–H and O–H groups in total. The molecule has 0 amide bonds. The zero-order chi connectivity index (χ0) is 14.8. The van der Waals surface area contributed by atoms with E-state index in [4.69, 9.17) is 5.11 Å². The van der Waals surface area contributed by atoms with Gasteiger partial charge >= 0.3 is 0 Å². The van der Waals surface area contributed by atoms with Gasteiger partial charge in [-0.3, -0.25) is 0 Å². The first-order valence-electron chi connectivity index (χ1n) is 6.17. The van der Waals surface area contributed by atoms with Crippen molar-refractivity contribution in [3.63, 3.8) is 0 Å². The van der Waals surface area contributed by atoms with Crippen molar-refractivity contribution in [2.24, 2.45) is 0 Å². The third-order valence-corrected chi connectivity index (χ3v) is 1.70. The first kappa shape index (κ1) is 21.7. The van der Waals surface area contributed by atoms with E-state index in [0.717, 1.165) is 17.6 Å². The fourth-order valence-electron chi connectivity index (χ4n) is 0.659. The lowest BCUT2D eigenvalue weighted by Crippen LogP contribution is -1.82. The highest BCUT2D eigenvalue weighted by molar-refractivity contribution is 5.20. The average molecular weight is 248 g/mol. The molecule has 0 spiro atoms. The van der Waals surface area contributed by atoms with Crippen LogP contribution in [0, 0.1) is 0 Å². The van der Waals surface area contributed by atoms with Gasteiger partial charge in [-0.2, -0.15) is 0 Å². The summed E-state index contributed by atoms with van der Waals surface area (Å²) in [6.07, 6.45) is 11.6. The van der Waals surface area contributed by atoms with E-state index in [2.05, 4.69) is 33.2 Å². The van der Waals surface area contributed by atoms with Gasteiger partial charge in [0.15, 0.2) is 0 Å². The molecule has 0 unspecified atom stereocenters. The summed E-state index contributed by atoms with van der Waals surface area (Å²) >= 11 is 0. The van der Waals surface area contributed by atoms with E-state index in [1.54, 1.807) is 24.3 Å². The molecular weight excluding hydrogens is 220 g/mol. The Bertz CT molecular complexity index is 280. The van der Waals surface area contributed by atoms with E-state index in [0.29, 0.717) is 0 Å². The topological polar surface area (TPSA) is 20.2 Å². The van der Waals surface area contributed by atoms with E-state index >= 15 is 0 Å². The van der Waals surface area contributed by atoms with Crippen LogP contribution in [-0.4, -0.2) is 11.7 Å². The van der Waals surface area contributed by atoms with Gasteiger partial charge in [0.25, 0.3) is 0 Å². The van der Waals surface area contributed by atoms with Crippen molar-refractivity contribution in [3.8, 4) is 0 Å². The lowest BCUT2D eigenvalue weighted by molar-refractivity contribution is 0.335. The molecule has 0 atom stereocenters. The molecule has 0 saturated heterocycles. The van der Waals surface area contributed by atoms with Crippen molar-refractivity contribution in [1.29, 1.82) is 0 Å². The second kappa shape index (κ2) is 20.8. The maximum absolute atomic E-state index is 8.47. The van der Waals surface area contributed by atoms with Crippen LogP contribution in [0.25, 0.3) is 0 Å². The van der Waals surface area contributed by atoms with Crippen molar-refractivity contribution in [1.82, 2.24) is 0 Å². The van der Waals surface area contributed by atoms with E-state index in [-0.39, 0.29) is 6.61 Å². The maximum atomic E-state index is 8.47. The van der Waals surface area contributed by atoms with Crippen LogP contribution in [0.15, 0.2) is 73.9 Å². The minimum absolute atomic E-state index is 0.0372. The molecule has 0 aliphatic heterocycles. The lowest BCUT2D eigenvalue weighted by atomic mass is 10.2. The summed E-state index contributed by atoms with van der Waals surface area (Å²) in [7, 11) is 0. The molecule has 0 aromatic heterocycles. The molecule has 0 bridgehead atoms. The highest BCUT2D eigenvalue weighted by atomic mass is 16.3. The first-order valence-corrected chi connectivity index (χ1v) is 6.17. The lowest BCUT2D eigenvalue weighted by Gasteiger charge is -1.88. The van der Waals surface area contributed by atoms with Crippen LogP contribution >= 0.6 is 0 Å². The molecule has 0 fully saturated rings. The zero-order valence-corrected chi connectivity index (χ0v) is 12.2. The highest BCUT2D eigenvalue weighted by Crippen LogP contribution is 1.96. The Morgan fingerprint density at radius 3 is 1.89 bits per heavy atom. The van der Waals surface area contributed by atoms with Gasteiger partial charge in [-0.15, -0.1) is 0 Å². The molecule has 0 aliphatic carbocycles. The van der Waals surface area contributed by atoms with Crippen LogP contribution in [0.5, 0.6) is 0 Å². The second-order valence-electron chi connectivity index (χ2n) is 2.95. The minimum Gasteiger partial charge on any atom is -0.392 e. The largest absolute Gasteiger partial charge is 0.392 e. The quantitative estimate of drug-likeness (QED) is 0.656. The van der Waals surface area contributed by atoms with Crippen LogP contribution in [0.3, 0.4) is 0 Å². The summed E-state index contributed by atoms with van der Waals surface area (Å²) in [6.45, 7) is 20.4. The highest BCUT2D eigenvalue weighted by Gasteiger charge is 1.80. The summed E-state index contributed by atoms with van der Waals surface area (Å²) in [5.41, 5.74) is 1.94. The van der Waals surface area contributed by atoms with Crippen molar-refractivity contribution in [2.75, 3.05) is 6.61 Å². The predicted octanol–water partition coefficient (Wildman–Crippen LogP) is 5.00. The Morgan fingerprint density at radius 2 is 1.67 bits per heavy atom. The monoisotopic (exact) mass is 248 g/mol. The number of hydrogen-bond donors (Lipinski definition) is 1. The van der Waals surface area contributed by atoms with E-state index in [9.17, 15) is 0 Å². The van der Waals surface area contributed by atoms with Gasteiger partial charge in [-0.1, -0.05) is 89.1 Å². The standard InChI is InChI=1S/C8H12.C7H10O.C2H6/c1-4-6-7-8(3)5-2;1-3-5-7(4-2)6-8;1-2/h4,6-7H,1,3,5H2,2H3;3-5,8H,1-2,6H2;1-2H3/b7-6-;7-5+;. The molecule has 18 heavy (non-hydrogen) atoms. The molecule has 102 valence electrons. The average Bonchev–Trinajstić information content (AvgIpc) is 2.44. The van der Waals surface area contributed by atoms with E-state index < -0.39 is 0 Å².